The fourth-order valence-corrected chi connectivity index (χ4v) is 4.08. The SMILES string of the molecule is CCc1cc(CC)c2c(c1CC)CC[C@@H]2N1C(=O)C=CC1=O. The van der Waals surface area contributed by atoms with Gasteiger partial charge in [0.25, 0.3) is 11.8 Å². The number of hydrogen-bond acceptors (Lipinski definition) is 2. The van der Waals surface area contributed by atoms with Gasteiger partial charge in [0.2, 0.25) is 0 Å². The Bertz CT molecular complexity index is 655. The van der Waals surface area contributed by atoms with E-state index in [1.165, 1.54) is 44.9 Å². The summed E-state index contributed by atoms with van der Waals surface area (Å²) in [6, 6.07) is 2.23. The van der Waals surface area contributed by atoms with Crippen LogP contribution in [0.3, 0.4) is 0 Å². The zero-order valence-electron chi connectivity index (χ0n) is 13.6. The maximum Gasteiger partial charge on any atom is 0.254 e. The summed E-state index contributed by atoms with van der Waals surface area (Å²) in [6.45, 7) is 6.55. The average molecular weight is 297 g/mol. The number of amides is 2. The molecule has 0 unspecified atom stereocenters. The van der Waals surface area contributed by atoms with Crippen molar-refractivity contribution < 1.29 is 9.59 Å². The molecule has 0 spiro atoms. The molecule has 116 valence electrons. The molecular formula is C19H23NO2. The minimum absolute atomic E-state index is 0.0730. The third-order valence-electron chi connectivity index (χ3n) is 5.04. The Kier molecular flexibility index (Phi) is 3.90. The summed E-state index contributed by atoms with van der Waals surface area (Å²) in [5.41, 5.74) is 6.82. The summed E-state index contributed by atoms with van der Waals surface area (Å²) in [5.74, 6) is -0.329. The summed E-state index contributed by atoms with van der Waals surface area (Å²) in [6.07, 6.45) is 7.63. The van der Waals surface area contributed by atoms with E-state index in [0.717, 1.165) is 32.1 Å². The van der Waals surface area contributed by atoms with Gasteiger partial charge in [0.05, 0.1) is 6.04 Å². The average Bonchev–Trinajstić information content (AvgIpc) is 3.09. The van der Waals surface area contributed by atoms with E-state index in [1.54, 1.807) is 0 Å². The van der Waals surface area contributed by atoms with Crippen LogP contribution < -0.4 is 0 Å². The van der Waals surface area contributed by atoms with Gasteiger partial charge < -0.3 is 0 Å². The van der Waals surface area contributed by atoms with E-state index in [4.69, 9.17) is 0 Å². The zero-order valence-corrected chi connectivity index (χ0v) is 13.6. The lowest BCUT2D eigenvalue weighted by Crippen LogP contribution is -2.33. The fraction of sp³-hybridized carbons (Fsp3) is 0.474. The monoisotopic (exact) mass is 297 g/mol. The van der Waals surface area contributed by atoms with Crippen molar-refractivity contribution in [1.82, 2.24) is 4.90 Å². The number of carbonyl (C=O) groups excluding carboxylic acids is 2. The van der Waals surface area contributed by atoms with Gasteiger partial charge in [0, 0.05) is 12.2 Å². The Balaban J connectivity index is 2.14. The molecule has 0 N–H and O–H groups in total. The second-order valence-corrected chi connectivity index (χ2v) is 6.06. The molecule has 0 radical (unpaired) electrons. The number of fused-ring (bicyclic) bond motifs is 1. The van der Waals surface area contributed by atoms with Gasteiger partial charge in [-0.05, 0) is 59.9 Å². The fourth-order valence-electron chi connectivity index (χ4n) is 4.08. The second kappa shape index (κ2) is 5.71. The van der Waals surface area contributed by atoms with Crippen LogP contribution >= 0.6 is 0 Å². The highest BCUT2D eigenvalue weighted by Gasteiger charge is 2.38. The van der Waals surface area contributed by atoms with Crippen molar-refractivity contribution in [1.29, 1.82) is 0 Å². The standard InChI is InChI=1S/C19H23NO2/c1-4-12-11-13(5-2)19-15(14(12)6-3)7-8-16(19)20-17(21)9-10-18(20)22/h9-11,16H,4-8H2,1-3H3/t16-/m0/s1. The highest BCUT2D eigenvalue weighted by Crippen LogP contribution is 2.42. The van der Waals surface area contributed by atoms with Crippen LogP contribution in [-0.4, -0.2) is 16.7 Å². The summed E-state index contributed by atoms with van der Waals surface area (Å²) in [7, 11) is 0. The minimum atomic E-state index is -0.164. The third kappa shape index (κ3) is 2.11. The van der Waals surface area contributed by atoms with Gasteiger partial charge in [0.15, 0.2) is 0 Å². The molecule has 2 amide bonds. The summed E-state index contributed by atoms with van der Waals surface area (Å²) in [4.78, 5) is 25.6. The van der Waals surface area contributed by atoms with E-state index in [9.17, 15) is 9.59 Å². The first-order valence-corrected chi connectivity index (χ1v) is 8.33. The topological polar surface area (TPSA) is 37.4 Å². The smallest absolute Gasteiger partial charge is 0.254 e. The number of nitrogens with zero attached hydrogens (tertiary/aromatic N) is 1. The van der Waals surface area contributed by atoms with Gasteiger partial charge in [0.1, 0.15) is 0 Å². The number of benzene rings is 1. The molecule has 22 heavy (non-hydrogen) atoms. The Hall–Kier alpha value is -1.90. The van der Waals surface area contributed by atoms with Crippen molar-refractivity contribution in [2.45, 2.75) is 58.9 Å². The quantitative estimate of drug-likeness (QED) is 0.800. The van der Waals surface area contributed by atoms with Gasteiger partial charge >= 0.3 is 0 Å². The molecule has 1 aliphatic carbocycles. The third-order valence-corrected chi connectivity index (χ3v) is 5.04. The van der Waals surface area contributed by atoms with E-state index in [2.05, 4.69) is 26.8 Å². The lowest BCUT2D eigenvalue weighted by atomic mass is 9.88. The van der Waals surface area contributed by atoms with Crippen molar-refractivity contribution in [3.05, 3.63) is 46.0 Å². The van der Waals surface area contributed by atoms with E-state index in [0.29, 0.717) is 0 Å². The van der Waals surface area contributed by atoms with Crippen molar-refractivity contribution in [3.63, 3.8) is 0 Å². The molecule has 0 aromatic heterocycles. The molecule has 0 saturated carbocycles. The first-order valence-electron chi connectivity index (χ1n) is 8.33. The van der Waals surface area contributed by atoms with Crippen LogP contribution in [0.5, 0.6) is 0 Å². The molecule has 1 atom stereocenters. The summed E-state index contributed by atoms with van der Waals surface area (Å²) >= 11 is 0. The number of hydrogen-bond donors (Lipinski definition) is 0. The van der Waals surface area contributed by atoms with Gasteiger partial charge in [-0.3, -0.25) is 14.5 Å². The van der Waals surface area contributed by atoms with Crippen LogP contribution in [0.4, 0.5) is 0 Å². The van der Waals surface area contributed by atoms with Crippen molar-refractivity contribution >= 4 is 11.8 Å². The minimum Gasteiger partial charge on any atom is -0.269 e. The highest BCUT2D eigenvalue weighted by atomic mass is 16.2. The molecule has 2 aliphatic rings. The lowest BCUT2D eigenvalue weighted by Gasteiger charge is -2.26. The van der Waals surface area contributed by atoms with Crippen LogP contribution in [-0.2, 0) is 35.3 Å². The lowest BCUT2D eigenvalue weighted by molar-refractivity contribution is -0.139. The molecule has 1 aromatic rings. The van der Waals surface area contributed by atoms with Gasteiger partial charge in [-0.25, -0.2) is 0 Å². The van der Waals surface area contributed by atoms with Crippen LogP contribution in [0.2, 0.25) is 0 Å². The van der Waals surface area contributed by atoms with Gasteiger partial charge in [-0.15, -0.1) is 0 Å². The number of carbonyl (C=O) groups is 2. The Morgan fingerprint density at radius 3 is 2.18 bits per heavy atom. The highest BCUT2D eigenvalue weighted by molar-refractivity contribution is 6.13. The van der Waals surface area contributed by atoms with Crippen LogP contribution in [0.15, 0.2) is 18.2 Å². The summed E-state index contributed by atoms with van der Waals surface area (Å²) < 4.78 is 0. The molecule has 0 saturated heterocycles. The van der Waals surface area contributed by atoms with Gasteiger partial charge in [-0.1, -0.05) is 26.8 Å². The number of imide groups is 1. The predicted octanol–water partition coefficient (Wildman–Crippen LogP) is 3.29. The normalized spacial score (nSPS) is 20.1. The molecule has 3 nitrogen and oxygen atoms in total. The van der Waals surface area contributed by atoms with Gasteiger partial charge in [-0.2, -0.15) is 0 Å². The maximum atomic E-state index is 12.1. The number of rotatable bonds is 4. The molecule has 3 rings (SSSR count). The molecule has 1 aliphatic heterocycles. The molecule has 0 bridgehead atoms. The van der Waals surface area contributed by atoms with Crippen LogP contribution in [0.1, 0.15) is 61.1 Å². The van der Waals surface area contributed by atoms with Crippen LogP contribution in [0.25, 0.3) is 0 Å². The van der Waals surface area contributed by atoms with Crippen molar-refractivity contribution in [3.8, 4) is 0 Å². The second-order valence-electron chi connectivity index (χ2n) is 6.06. The Labute approximate surface area is 132 Å². The van der Waals surface area contributed by atoms with E-state index in [-0.39, 0.29) is 17.9 Å². The number of aryl methyl sites for hydroxylation is 2. The molecule has 1 aromatic carbocycles. The molecular weight excluding hydrogens is 274 g/mol. The molecule has 0 fully saturated rings. The first kappa shape index (κ1) is 15.0. The predicted molar refractivity (Wildman–Crippen MR) is 86.6 cm³/mol. The van der Waals surface area contributed by atoms with Crippen molar-refractivity contribution in [2.24, 2.45) is 0 Å². The van der Waals surface area contributed by atoms with E-state index < -0.39 is 0 Å². The maximum absolute atomic E-state index is 12.1. The molecule has 1 heterocycles. The largest absolute Gasteiger partial charge is 0.269 e. The van der Waals surface area contributed by atoms with E-state index in [1.807, 2.05) is 0 Å². The summed E-state index contributed by atoms with van der Waals surface area (Å²) in [5, 5.41) is 0. The van der Waals surface area contributed by atoms with Crippen LogP contribution in [0, 0.1) is 0 Å². The molecule has 3 heteroatoms. The first-order chi connectivity index (χ1) is 10.6. The Morgan fingerprint density at radius 1 is 1.00 bits per heavy atom. The van der Waals surface area contributed by atoms with E-state index >= 15 is 0 Å². The van der Waals surface area contributed by atoms with Crippen molar-refractivity contribution in [2.75, 3.05) is 0 Å². The Morgan fingerprint density at radius 2 is 1.64 bits per heavy atom. The zero-order chi connectivity index (χ0) is 15.9.